The summed E-state index contributed by atoms with van der Waals surface area (Å²) >= 11 is 0. The predicted octanol–water partition coefficient (Wildman–Crippen LogP) is 3.26. The molecule has 106 valence electrons. The molecule has 2 rings (SSSR count). The van der Waals surface area contributed by atoms with Gasteiger partial charge in [0.15, 0.2) is 0 Å². The van der Waals surface area contributed by atoms with Gasteiger partial charge in [-0.05, 0) is 36.2 Å². The molecule has 0 aromatic heterocycles. The van der Waals surface area contributed by atoms with E-state index in [9.17, 15) is 14.5 Å². The van der Waals surface area contributed by atoms with Gasteiger partial charge >= 0.3 is 5.69 Å². The fourth-order valence-corrected chi connectivity index (χ4v) is 1.97. The second-order valence-electron chi connectivity index (χ2n) is 4.37. The summed E-state index contributed by atoms with van der Waals surface area (Å²) in [6, 6.07) is 12.4. The molecule has 6 heteroatoms. The summed E-state index contributed by atoms with van der Waals surface area (Å²) < 4.78 is 12.8. The van der Waals surface area contributed by atoms with Crippen molar-refractivity contribution < 1.29 is 9.31 Å². The van der Waals surface area contributed by atoms with E-state index in [1.807, 2.05) is 6.07 Å². The van der Waals surface area contributed by atoms with Crippen LogP contribution in [0.25, 0.3) is 0 Å². The summed E-state index contributed by atoms with van der Waals surface area (Å²) in [6.07, 6.45) is 0.591. The van der Waals surface area contributed by atoms with E-state index in [-0.39, 0.29) is 17.1 Å². The molecule has 0 amide bonds. The Morgan fingerprint density at radius 1 is 1.24 bits per heavy atom. The van der Waals surface area contributed by atoms with Gasteiger partial charge in [-0.3, -0.25) is 10.1 Å². The molecule has 0 spiro atoms. The van der Waals surface area contributed by atoms with Gasteiger partial charge in [-0.15, -0.1) is 0 Å². The Hall–Kier alpha value is -2.94. The SMILES string of the molecule is N#Cc1cccc(NCCc2ccc(F)cc2)c1[N+](=O)[O-]. The minimum atomic E-state index is -0.571. The number of nitrogens with one attached hydrogen (secondary N) is 1. The number of anilines is 1. The molecule has 0 aliphatic heterocycles. The lowest BCUT2D eigenvalue weighted by molar-refractivity contribution is -0.384. The minimum absolute atomic E-state index is 0.0202. The third-order valence-corrected chi connectivity index (χ3v) is 2.98. The van der Waals surface area contributed by atoms with Crippen LogP contribution in [0, 0.1) is 27.3 Å². The summed E-state index contributed by atoms with van der Waals surface area (Å²) in [4.78, 5) is 10.5. The monoisotopic (exact) mass is 285 g/mol. The first kappa shape index (κ1) is 14.5. The molecule has 21 heavy (non-hydrogen) atoms. The topological polar surface area (TPSA) is 79.0 Å². The van der Waals surface area contributed by atoms with Crippen LogP contribution in [0.1, 0.15) is 11.1 Å². The van der Waals surface area contributed by atoms with Gasteiger partial charge in [0.25, 0.3) is 0 Å². The maximum atomic E-state index is 12.8. The van der Waals surface area contributed by atoms with Crippen molar-refractivity contribution in [3.63, 3.8) is 0 Å². The highest BCUT2D eigenvalue weighted by molar-refractivity contribution is 5.68. The normalized spacial score (nSPS) is 9.90. The van der Waals surface area contributed by atoms with Crippen LogP contribution in [-0.4, -0.2) is 11.5 Å². The number of nitriles is 1. The average Bonchev–Trinajstić information content (AvgIpc) is 2.48. The van der Waals surface area contributed by atoms with Gasteiger partial charge in [-0.1, -0.05) is 18.2 Å². The van der Waals surface area contributed by atoms with Crippen LogP contribution in [-0.2, 0) is 6.42 Å². The number of nitro groups is 1. The van der Waals surface area contributed by atoms with Crippen molar-refractivity contribution in [3.05, 3.63) is 69.5 Å². The molecule has 5 nitrogen and oxygen atoms in total. The average molecular weight is 285 g/mol. The summed E-state index contributed by atoms with van der Waals surface area (Å²) in [5.74, 6) is -0.302. The van der Waals surface area contributed by atoms with E-state index in [0.717, 1.165) is 5.56 Å². The molecule has 0 aliphatic rings. The highest BCUT2D eigenvalue weighted by Crippen LogP contribution is 2.27. The van der Waals surface area contributed by atoms with Gasteiger partial charge in [0.05, 0.1) is 4.92 Å². The number of hydrogen-bond donors (Lipinski definition) is 1. The summed E-state index contributed by atoms with van der Waals surface area (Å²) in [5, 5.41) is 22.9. The van der Waals surface area contributed by atoms with Crippen molar-refractivity contribution >= 4 is 11.4 Å². The Morgan fingerprint density at radius 2 is 1.95 bits per heavy atom. The van der Waals surface area contributed by atoms with Crippen LogP contribution in [0.3, 0.4) is 0 Å². The lowest BCUT2D eigenvalue weighted by Crippen LogP contribution is -2.07. The van der Waals surface area contributed by atoms with Gasteiger partial charge in [-0.2, -0.15) is 5.26 Å². The smallest absolute Gasteiger partial charge is 0.309 e. The highest BCUT2D eigenvalue weighted by Gasteiger charge is 2.18. The molecule has 0 aliphatic carbocycles. The Balaban J connectivity index is 2.08. The third kappa shape index (κ3) is 3.54. The van der Waals surface area contributed by atoms with Crippen LogP contribution in [0.5, 0.6) is 0 Å². The van der Waals surface area contributed by atoms with E-state index < -0.39 is 4.92 Å². The van der Waals surface area contributed by atoms with E-state index in [1.54, 1.807) is 24.3 Å². The number of para-hydroxylation sites is 1. The second kappa shape index (κ2) is 6.48. The first-order chi connectivity index (χ1) is 10.1. The molecular weight excluding hydrogens is 273 g/mol. The van der Waals surface area contributed by atoms with E-state index in [2.05, 4.69) is 5.32 Å². The Bertz CT molecular complexity index is 693. The largest absolute Gasteiger partial charge is 0.379 e. The lowest BCUT2D eigenvalue weighted by atomic mass is 10.1. The molecule has 0 unspecified atom stereocenters. The second-order valence-corrected chi connectivity index (χ2v) is 4.37. The first-order valence-corrected chi connectivity index (χ1v) is 6.27. The molecule has 0 radical (unpaired) electrons. The Morgan fingerprint density at radius 3 is 2.57 bits per heavy atom. The van der Waals surface area contributed by atoms with Crippen molar-refractivity contribution in [2.45, 2.75) is 6.42 Å². The summed E-state index contributed by atoms with van der Waals surface area (Å²) in [5.41, 5.74) is 1.02. The van der Waals surface area contributed by atoms with Crippen molar-refractivity contribution in [2.75, 3.05) is 11.9 Å². The highest BCUT2D eigenvalue weighted by atomic mass is 19.1. The first-order valence-electron chi connectivity index (χ1n) is 6.27. The van der Waals surface area contributed by atoms with Crippen molar-refractivity contribution in [1.82, 2.24) is 0 Å². The third-order valence-electron chi connectivity index (χ3n) is 2.98. The molecule has 0 saturated heterocycles. The summed E-state index contributed by atoms with van der Waals surface area (Å²) in [6.45, 7) is 0.446. The number of nitro benzene ring substituents is 1. The van der Waals surface area contributed by atoms with E-state index in [1.165, 1.54) is 18.2 Å². The number of rotatable bonds is 5. The van der Waals surface area contributed by atoms with E-state index >= 15 is 0 Å². The number of hydrogen-bond acceptors (Lipinski definition) is 4. The molecular formula is C15H12FN3O2. The Kier molecular flexibility index (Phi) is 4.46. The van der Waals surface area contributed by atoms with Crippen molar-refractivity contribution in [3.8, 4) is 6.07 Å². The van der Waals surface area contributed by atoms with Crippen LogP contribution in [0.2, 0.25) is 0 Å². The zero-order chi connectivity index (χ0) is 15.2. The fraction of sp³-hybridized carbons (Fsp3) is 0.133. The van der Waals surface area contributed by atoms with E-state index in [4.69, 9.17) is 5.26 Å². The zero-order valence-corrected chi connectivity index (χ0v) is 11.0. The van der Waals surface area contributed by atoms with Gasteiger partial charge < -0.3 is 5.32 Å². The molecule has 0 atom stereocenters. The van der Waals surface area contributed by atoms with Gasteiger partial charge in [-0.25, -0.2) is 4.39 Å². The number of halogens is 1. The molecule has 0 fully saturated rings. The van der Waals surface area contributed by atoms with Crippen LogP contribution in [0.4, 0.5) is 15.8 Å². The van der Waals surface area contributed by atoms with Crippen LogP contribution < -0.4 is 5.32 Å². The molecule has 0 saturated carbocycles. The molecule has 2 aromatic rings. The minimum Gasteiger partial charge on any atom is -0.379 e. The van der Waals surface area contributed by atoms with E-state index in [0.29, 0.717) is 18.7 Å². The fourth-order valence-electron chi connectivity index (χ4n) is 1.97. The van der Waals surface area contributed by atoms with Gasteiger partial charge in [0, 0.05) is 6.54 Å². The maximum Gasteiger partial charge on any atom is 0.309 e. The standard InChI is InChI=1S/C15H12FN3O2/c16-13-6-4-11(5-7-13)8-9-18-14-3-1-2-12(10-17)15(14)19(20)21/h1-7,18H,8-9H2. The molecule has 0 heterocycles. The Labute approximate surface area is 120 Å². The van der Waals surface area contributed by atoms with Crippen LogP contribution in [0.15, 0.2) is 42.5 Å². The zero-order valence-electron chi connectivity index (χ0n) is 11.0. The number of nitrogens with zero attached hydrogens (tertiary/aromatic N) is 2. The van der Waals surface area contributed by atoms with Gasteiger partial charge in [0.1, 0.15) is 23.1 Å². The molecule has 1 N–H and O–H groups in total. The van der Waals surface area contributed by atoms with Crippen LogP contribution >= 0.6 is 0 Å². The molecule has 2 aromatic carbocycles. The summed E-state index contributed by atoms with van der Waals surface area (Å²) in [7, 11) is 0. The maximum absolute atomic E-state index is 12.8. The number of benzene rings is 2. The van der Waals surface area contributed by atoms with Crippen molar-refractivity contribution in [1.29, 1.82) is 5.26 Å². The van der Waals surface area contributed by atoms with Gasteiger partial charge in [0.2, 0.25) is 0 Å². The molecule has 0 bridgehead atoms. The van der Waals surface area contributed by atoms with Crippen molar-refractivity contribution in [2.24, 2.45) is 0 Å². The lowest BCUT2D eigenvalue weighted by Gasteiger charge is -2.08. The quantitative estimate of drug-likeness (QED) is 0.675. The predicted molar refractivity (Wildman–Crippen MR) is 76.4 cm³/mol.